The largest absolute Gasteiger partial charge is 0.273 e. The van der Waals surface area contributed by atoms with Crippen LogP contribution in [0.15, 0.2) is 40.9 Å². The van der Waals surface area contributed by atoms with Crippen LogP contribution in [0, 0.1) is 0 Å². The summed E-state index contributed by atoms with van der Waals surface area (Å²) in [4.78, 5) is 5.01. The van der Waals surface area contributed by atoms with E-state index in [2.05, 4.69) is 25.8 Å². The van der Waals surface area contributed by atoms with Crippen molar-refractivity contribution in [2.45, 2.75) is 30.4 Å². The molecule has 2 rings (SSSR count). The fraction of sp³-hybridized carbons (Fsp3) is 0.357. The molecule has 0 spiro atoms. The van der Waals surface area contributed by atoms with Gasteiger partial charge in [-0.2, -0.15) is 0 Å². The number of pyridine rings is 1. The van der Waals surface area contributed by atoms with Crippen LogP contribution in [0.5, 0.6) is 0 Å². The number of sulfonamides is 1. The van der Waals surface area contributed by atoms with Gasteiger partial charge in [-0.15, -0.1) is 11.3 Å². The molecule has 0 unspecified atom stereocenters. The highest BCUT2D eigenvalue weighted by atomic mass is 32.2. The van der Waals surface area contributed by atoms with Crippen LogP contribution in [0.1, 0.15) is 25.6 Å². The summed E-state index contributed by atoms with van der Waals surface area (Å²) >= 11 is 1.32. The zero-order chi connectivity index (χ0) is 15.0. The van der Waals surface area contributed by atoms with Gasteiger partial charge in [-0.25, -0.2) is 8.42 Å². The highest BCUT2D eigenvalue weighted by Gasteiger charge is 2.26. The fourth-order valence-electron chi connectivity index (χ4n) is 1.68. The number of hydrogen-bond donors (Lipinski definition) is 0. The lowest BCUT2D eigenvalue weighted by Crippen LogP contribution is -2.25. The van der Waals surface area contributed by atoms with Crippen LogP contribution in [-0.2, 0) is 15.4 Å². The number of anilines is 1. The molecule has 0 N–H and O–H groups in total. The lowest BCUT2D eigenvalue weighted by molar-refractivity contribution is 0.596. The van der Waals surface area contributed by atoms with Crippen molar-refractivity contribution in [3.8, 4) is 0 Å². The molecule has 0 aliphatic carbocycles. The maximum atomic E-state index is 12.6. The molecule has 0 bridgehead atoms. The van der Waals surface area contributed by atoms with Gasteiger partial charge in [0.05, 0.1) is 11.9 Å². The third kappa shape index (κ3) is 2.86. The Morgan fingerprint density at radius 3 is 2.40 bits per heavy atom. The molecular formula is C14H18N2O2S2. The van der Waals surface area contributed by atoms with Gasteiger partial charge in [-0.05, 0) is 29.7 Å². The molecule has 0 fully saturated rings. The Morgan fingerprint density at radius 2 is 1.90 bits per heavy atom. The van der Waals surface area contributed by atoms with Gasteiger partial charge < -0.3 is 0 Å². The molecule has 6 heteroatoms. The first-order valence-corrected chi connectivity index (χ1v) is 8.48. The second kappa shape index (κ2) is 5.18. The Morgan fingerprint density at radius 1 is 1.20 bits per heavy atom. The molecular weight excluding hydrogens is 292 g/mol. The number of nitrogens with zero attached hydrogens (tertiary/aromatic N) is 2. The summed E-state index contributed by atoms with van der Waals surface area (Å²) in [6.45, 7) is 6.21. The van der Waals surface area contributed by atoms with Crippen molar-refractivity contribution in [3.05, 3.63) is 41.5 Å². The van der Waals surface area contributed by atoms with Crippen LogP contribution in [0.2, 0.25) is 0 Å². The summed E-state index contributed by atoms with van der Waals surface area (Å²) in [7, 11) is -1.98. The Kier molecular flexibility index (Phi) is 3.88. The zero-order valence-electron chi connectivity index (χ0n) is 12.0. The molecule has 0 amide bonds. The smallest absolute Gasteiger partial charge is 0.267 e. The number of rotatable bonds is 3. The Labute approximate surface area is 124 Å². The molecule has 0 saturated carbocycles. The van der Waals surface area contributed by atoms with Crippen LogP contribution in [0.3, 0.4) is 0 Å². The maximum Gasteiger partial charge on any atom is 0.273 e. The second-order valence-electron chi connectivity index (χ2n) is 5.55. The van der Waals surface area contributed by atoms with E-state index in [9.17, 15) is 8.42 Å². The second-order valence-corrected chi connectivity index (χ2v) is 8.83. The summed E-state index contributed by atoms with van der Waals surface area (Å²) in [6, 6.07) is 7.00. The summed E-state index contributed by atoms with van der Waals surface area (Å²) < 4.78 is 26.8. The SMILES string of the molecule is CN(c1cccnc1)S(=O)(=O)c1ccc(C(C)(C)C)s1. The molecule has 2 heterocycles. The fourth-order valence-corrected chi connectivity index (χ4v) is 4.39. The summed E-state index contributed by atoms with van der Waals surface area (Å²) in [5.74, 6) is 0. The van der Waals surface area contributed by atoms with E-state index in [0.29, 0.717) is 9.90 Å². The van der Waals surface area contributed by atoms with Crippen LogP contribution < -0.4 is 4.31 Å². The molecule has 4 nitrogen and oxygen atoms in total. The van der Waals surface area contributed by atoms with Gasteiger partial charge in [0.15, 0.2) is 0 Å². The number of aromatic nitrogens is 1. The quantitative estimate of drug-likeness (QED) is 0.874. The Balaban J connectivity index is 2.38. The minimum atomic E-state index is -3.52. The van der Waals surface area contributed by atoms with E-state index >= 15 is 0 Å². The molecule has 0 aliphatic heterocycles. The zero-order valence-corrected chi connectivity index (χ0v) is 13.6. The van der Waals surface area contributed by atoms with Crippen LogP contribution in [-0.4, -0.2) is 20.4 Å². The number of hydrogen-bond acceptors (Lipinski definition) is 4. The number of thiophene rings is 1. The minimum absolute atomic E-state index is 0.0503. The van der Waals surface area contributed by atoms with E-state index in [0.717, 1.165) is 4.88 Å². The highest BCUT2D eigenvalue weighted by Crippen LogP contribution is 2.33. The van der Waals surface area contributed by atoms with E-state index in [1.807, 2.05) is 6.07 Å². The van der Waals surface area contributed by atoms with Crippen LogP contribution in [0.25, 0.3) is 0 Å². The first-order valence-electron chi connectivity index (χ1n) is 6.22. The molecule has 2 aromatic rings. The summed E-state index contributed by atoms with van der Waals surface area (Å²) in [5, 5.41) is 0. The molecule has 0 radical (unpaired) electrons. The topological polar surface area (TPSA) is 50.3 Å². The molecule has 2 aromatic heterocycles. The van der Waals surface area contributed by atoms with E-state index in [1.54, 1.807) is 31.4 Å². The van der Waals surface area contributed by atoms with Crippen molar-refractivity contribution in [1.29, 1.82) is 0 Å². The molecule has 108 valence electrons. The molecule has 0 aliphatic rings. The normalized spacial score (nSPS) is 12.4. The highest BCUT2D eigenvalue weighted by molar-refractivity contribution is 7.94. The third-order valence-electron chi connectivity index (χ3n) is 2.94. The van der Waals surface area contributed by atoms with Gasteiger partial charge in [0.1, 0.15) is 4.21 Å². The van der Waals surface area contributed by atoms with Gasteiger partial charge in [-0.3, -0.25) is 9.29 Å². The van der Waals surface area contributed by atoms with E-state index in [1.165, 1.54) is 21.8 Å². The lowest BCUT2D eigenvalue weighted by atomic mass is 9.95. The van der Waals surface area contributed by atoms with Crippen molar-refractivity contribution < 1.29 is 8.42 Å². The molecule has 0 aromatic carbocycles. The van der Waals surface area contributed by atoms with Crippen LogP contribution >= 0.6 is 11.3 Å². The standard InChI is InChI=1S/C14H18N2O2S2/c1-14(2,3)12-7-8-13(19-12)20(17,18)16(4)11-6-5-9-15-10-11/h5-10H,1-4H3. The maximum absolute atomic E-state index is 12.6. The Hall–Kier alpha value is -1.40. The average Bonchev–Trinajstić information content (AvgIpc) is 2.89. The minimum Gasteiger partial charge on any atom is -0.267 e. The van der Waals surface area contributed by atoms with Crippen molar-refractivity contribution in [1.82, 2.24) is 4.98 Å². The first-order chi connectivity index (χ1) is 9.23. The summed E-state index contributed by atoms with van der Waals surface area (Å²) in [6.07, 6.45) is 3.16. The van der Waals surface area contributed by atoms with Crippen molar-refractivity contribution in [2.75, 3.05) is 11.4 Å². The predicted octanol–water partition coefficient (Wildman–Crippen LogP) is 3.27. The van der Waals surface area contributed by atoms with E-state index in [-0.39, 0.29) is 5.41 Å². The monoisotopic (exact) mass is 310 g/mol. The first kappa shape index (κ1) is 15.0. The van der Waals surface area contributed by atoms with Crippen molar-refractivity contribution >= 4 is 27.0 Å². The Bertz CT molecular complexity index is 685. The summed E-state index contributed by atoms with van der Waals surface area (Å²) in [5.41, 5.74) is 0.504. The van der Waals surface area contributed by atoms with Crippen LogP contribution in [0.4, 0.5) is 5.69 Å². The molecule has 20 heavy (non-hydrogen) atoms. The third-order valence-corrected chi connectivity index (χ3v) is 6.71. The molecule has 0 saturated heterocycles. The van der Waals surface area contributed by atoms with E-state index < -0.39 is 10.0 Å². The average molecular weight is 310 g/mol. The van der Waals surface area contributed by atoms with Gasteiger partial charge in [0.2, 0.25) is 0 Å². The van der Waals surface area contributed by atoms with Gasteiger partial charge in [-0.1, -0.05) is 20.8 Å². The van der Waals surface area contributed by atoms with Crippen molar-refractivity contribution in [3.63, 3.8) is 0 Å². The van der Waals surface area contributed by atoms with Gasteiger partial charge in [0.25, 0.3) is 10.0 Å². The molecule has 0 atom stereocenters. The van der Waals surface area contributed by atoms with Gasteiger partial charge >= 0.3 is 0 Å². The van der Waals surface area contributed by atoms with Gasteiger partial charge in [0, 0.05) is 18.1 Å². The lowest BCUT2D eigenvalue weighted by Gasteiger charge is -2.18. The van der Waals surface area contributed by atoms with E-state index in [4.69, 9.17) is 0 Å². The predicted molar refractivity (Wildman–Crippen MR) is 82.8 cm³/mol. The van der Waals surface area contributed by atoms with Crippen molar-refractivity contribution in [2.24, 2.45) is 0 Å².